The largest absolute Gasteiger partial charge is 0.381 e. The number of amides is 1. The van der Waals surface area contributed by atoms with Gasteiger partial charge < -0.3 is 9.64 Å². The fraction of sp³-hybridized carbons (Fsp3) is 0.381. The lowest BCUT2D eigenvalue weighted by molar-refractivity contribution is -0.145. The molecule has 1 heterocycles. The number of hydrogen-bond donors (Lipinski definition) is 0. The predicted octanol–water partition coefficient (Wildman–Crippen LogP) is 3.55. The number of rotatable bonds is 4. The summed E-state index contributed by atoms with van der Waals surface area (Å²) in [6.07, 6.45) is -0.102. The summed E-state index contributed by atoms with van der Waals surface area (Å²) in [5.74, 6) is 0.0933. The van der Waals surface area contributed by atoms with Gasteiger partial charge >= 0.3 is 0 Å². The van der Waals surface area contributed by atoms with E-state index in [4.69, 9.17) is 24.2 Å². The molecule has 1 fully saturated rings. The van der Waals surface area contributed by atoms with E-state index in [1.54, 1.807) is 4.90 Å². The van der Waals surface area contributed by atoms with E-state index >= 15 is 0 Å². The summed E-state index contributed by atoms with van der Waals surface area (Å²) < 4.78 is 5.79. The van der Waals surface area contributed by atoms with E-state index in [1.165, 1.54) is 0 Å². The second-order valence-electron chi connectivity index (χ2n) is 7.06. The summed E-state index contributed by atoms with van der Waals surface area (Å²) in [4.78, 5) is 14.1. The van der Waals surface area contributed by atoms with Crippen LogP contribution < -0.4 is 0 Å². The van der Waals surface area contributed by atoms with Crippen LogP contribution in [0.15, 0.2) is 60.7 Å². The lowest BCUT2D eigenvalue weighted by atomic mass is 9.87. The Morgan fingerprint density at radius 2 is 1.58 bits per heavy atom. The third-order valence-electron chi connectivity index (χ3n) is 4.82. The molecule has 0 N–H and O–H groups in total. The first-order valence-corrected chi connectivity index (χ1v) is 9.31. The van der Waals surface area contributed by atoms with E-state index in [0.717, 1.165) is 11.1 Å². The van der Waals surface area contributed by atoms with Crippen LogP contribution in [0, 0.1) is 5.92 Å². The van der Waals surface area contributed by atoms with Crippen molar-refractivity contribution in [1.82, 2.24) is 4.90 Å². The maximum absolute atomic E-state index is 13.6. The van der Waals surface area contributed by atoms with Crippen LogP contribution in [0.5, 0.6) is 0 Å². The van der Waals surface area contributed by atoms with E-state index in [2.05, 4.69) is 13.8 Å². The van der Waals surface area contributed by atoms with Gasteiger partial charge in [-0.15, -0.1) is 0 Å². The maximum Gasteiger partial charge on any atom is 0.253 e. The molecule has 2 atom stereocenters. The van der Waals surface area contributed by atoms with E-state index in [9.17, 15) is 4.79 Å². The van der Waals surface area contributed by atoms with Crippen molar-refractivity contribution in [1.29, 1.82) is 0 Å². The standard InChI is InChI=1S/C21H23BClNO2/c1-15(2)18-13-24(14-19(22)26-18)20(25)21(23,16-9-5-3-6-10-16)17-11-7-4-8-12-17/h3-12,15,18-19H,13-14H2,1-2H3. The van der Waals surface area contributed by atoms with Gasteiger partial charge in [0.05, 0.1) is 6.10 Å². The van der Waals surface area contributed by atoms with Crippen molar-refractivity contribution in [2.75, 3.05) is 13.1 Å². The van der Waals surface area contributed by atoms with Crippen molar-refractivity contribution < 1.29 is 9.53 Å². The molecule has 1 aliphatic heterocycles. The van der Waals surface area contributed by atoms with Crippen LogP contribution in [0.25, 0.3) is 0 Å². The molecule has 2 aromatic rings. The van der Waals surface area contributed by atoms with Gasteiger partial charge in [-0.1, -0.05) is 86.1 Å². The molecule has 3 rings (SSSR count). The molecular weight excluding hydrogens is 345 g/mol. The Hall–Kier alpha value is -1.78. The Morgan fingerprint density at radius 3 is 2.04 bits per heavy atom. The molecule has 0 spiro atoms. The minimum absolute atomic E-state index is 0.102. The predicted molar refractivity (Wildman–Crippen MR) is 105 cm³/mol. The van der Waals surface area contributed by atoms with E-state index in [1.807, 2.05) is 60.7 Å². The van der Waals surface area contributed by atoms with Crippen LogP contribution >= 0.6 is 11.6 Å². The quantitative estimate of drug-likeness (QED) is 0.611. The SMILES string of the molecule is [B]C1CN(C(=O)C(Cl)(c2ccccc2)c2ccccc2)CC(C(C)C)O1. The van der Waals surface area contributed by atoms with Gasteiger partial charge in [0.25, 0.3) is 5.91 Å². The number of benzene rings is 2. The zero-order chi connectivity index (χ0) is 18.7. The molecule has 134 valence electrons. The van der Waals surface area contributed by atoms with Crippen molar-refractivity contribution in [2.45, 2.75) is 30.8 Å². The average molecular weight is 368 g/mol. The molecule has 1 saturated heterocycles. The molecule has 0 saturated carbocycles. The van der Waals surface area contributed by atoms with Crippen LogP contribution in [0.4, 0.5) is 0 Å². The maximum atomic E-state index is 13.6. The zero-order valence-electron chi connectivity index (χ0n) is 15.1. The summed E-state index contributed by atoms with van der Waals surface area (Å²) in [5.41, 5.74) is 1.50. The second kappa shape index (κ2) is 7.85. The van der Waals surface area contributed by atoms with Crippen molar-refractivity contribution in [2.24, 2.45) is 5.92 Å². The minimum Gasteiger partial charge on any atom is -0.381 e. The van der Waals surface area contributed by atoms with Crippen LogP contribution in [-0.4, -0.2) is 43.9 Å². The number of hydrogen-bond acceptors (Lipinski definition) is 2. The summed E-state index contributed by atoms with van der Waals surface area (Å²) >= 11 is 7.08. The molecule has 0 bridgehead atoms. The van der Waals surface area contributed by atoms with Crippen molar-refractivity contribution >= 4 is 25.4 Å². The first-order valence-electron chi connectivity index (χ1n) is 8.93. The molecule has 2 radical (unpaired) electrons. The molecular formula is C21H23BClNO2. The summed E-state index contributed by atoms with van der Waals surface area (Å²) in [7, 11) is 6.05. The van der Waals surface area contributed by atoms with Gasteiger partial charge in [0.1, 0.15) is 7.85 Å². The number of carbonyl (C=O) groups excluding carboxylic acids is 1. The highest BCUT2D eigenvalue weighted by atomic mass is 35.5. The monoisotopic (exact) mass is 367 g/mol. The van der Waals surface area contributed by atoms with Gasteiger partial charge in [0, 0.05) is 19.1 Å². The number of halogens is 1. The normalized spacial score (nSPS) is 21.0. The molecule has 3 nitrogen and oxygen atoms in total. The molecule has 0 aliphatic carbocycles. The third kappa shape index (κ3) is 3.67. The smallest absolute Gasteiger partial charge is 0.253 e. The summed E-state index contributed by atoms with van der Waals surface area (Å²) in [6.45, 7) is 4.94. The van der Waals surface area contributed by atoms with Crippen LogP contribution in [0.2, 0.25) is 0 Å². The Balaban J connectivity index is 2.01. The molecule has 5 heteroatoms. The summed E-state index contributed by atoms with van der Waals surface area (Å²) in [6, 6.07) is 18.4. The van der Waals surface area contributed by atoms with Crippen molar-refractivity contribution in [3.63, 3.8) is 0 Å². The fourth-order valence-corrected chi connectivity index (χ4v) is 3.69. The molecule has 26 heavy (non-hydrogen) atoms. The number of morpholine rings is 1. The van der Waals surface area contributed by atoms with E-state index in [0.29, 0.717) is 13.1 Å². The number of alkyl halides is 1. The lowest BCUT2D eigenvalue weighted by Crippen LogP contribution is -2.55. The Labute approximate surface area is 161 Å². The second-order valence-corrected chi connectivity index (χ2v) is 7.62. The van der Waals surface area contributed by atoms with Gasteiger partial charge in [0.15, 0.2) is 4.87 Å². The molecule has 2 aromatic carbocycles. The van der Waals surface area contributed by atoms with Crippen LogP contribution in [0.1, 0.15) is 25.0 Å². The Morgan fingerprint density at radius 1 is 1.08 bits per heavy atom. The molecule has 1 amide bonds. The van der Waals surface area contributed by atoms with E-state index < -0.39 is 10.9 Å². The minimum atomic E-state index is -1.29. The van der Waals surface area contributed by atoms with Gasteiger partial charge in [0.2, 0.25) is 0 Å². The van der Waals surface area contributed by atoms with Gasteiger partial charge in [-0.25, -0.2) is 0 Å². The van der Waals surface area contributed by atoms with Crippen molar-refractivity contribution in [3.05, 3.63) is 71.8 Å². The van der Waals surface area contributed by atoms with Crippen LogP contribution in [-0.2, 0) is 14.4 Å². The number of carbonyl (C=O) groups is 1. The van der Waals surface area contributed by atoms with Gasteiger partial charge in [-0.05, 0) is 17.0 Å². The van der Waals surface area contributed by atoms with Crippen molar-refractivity contribution in [3.8, 4) is 0 Å². The highest BCUT2D eigenvalue weighted by Crippen LogP contribution is 2.39. The highest BCUT2D eigenvalue weighted by molar-refractivity contribution is 6.37. The third-order valence-corrected chi connectivity index (χ3v) is 5.42. The van der Waals surface area contributed by atoms with Crippen LogP contribution in [0.3, 0.4) is 0 Å². The van der Waals surface area contributed by atoms with Gasteiger partial charge in [-0.3, -0.25) is 4.79 Å². The van der Waals surface area contributed by atoms with E-state index in [-0.39, 0.29) is 17.9 Å². The topological polar surface area (TPSA) is 29.5 Å². The lowest BCUT2D eigenvalue weighted by Gasteiger charge is -2.42. The Kier molecular flexibility index (Phi) is 5.74. The first kappa shape index (κ1) is 19.0. The zero-order valence-corrected chi connectivity index (χ0v) is 15.9. The number of ether oxygens (including phenoxy) is 1. The number of nitrogens with zero attached hydrogens (tertiary/aromatic N) is 1. The average Bonchev–Trinajstić information content (AvgIpc) is 2.67. The molecule has 0 aromatic heterocycles. The Bertz CT molecular complexity index is 699. The fourth-order valence-electron chi connectivity index (χ4n) is 3.32. The summed E-state index contributed by atoms with van der Waals surface area (Å²) in [5, 5.41) is 0. The first-order chi connectivity index (χ1) is 12.4. The molecule has 1 aliphatic rings. The van der Waals surface area contributed by atoms with Gasteiger partial charge in [-0.2, -0.15) is 0 Å². The molecule has 2 unspecified atom stereocenters. The highest BCUT2D eigenvalue weighted by Gasteiger charge is 2.44.